The van der Waals surface area contributed by atoms with Crippen molar-refractivity contribution in [2.45, 2.75) is 58.3 Å². The summed E-state index contributed by atoms with van der Waals surface area (Å²) in [5.41, 5.74) is 1.61. The predicted octanol–water partition coefficient (Wildman–Crippen LogP) is 5.96. The van der Waals surface area contributed by atoms with E-state index >= 15 is 0 Å². The molecule has 2 aromatic rings. The Morgan fingerprint density at radius 1 is 0.920 bits per heavy atom. The van der Waals surface area contributed by atoms with Gasteiger partial charge in [-0.2, -0.15) is 0 Å². The summed E-state index contributed by atoms with van der Waals surface area (Å²) >= 11 is 0. The lowest BCUT2D eigenvalue weighted by Gasteiger charge is -2.28. The predicted molar refractivity (Wildman–Crippen MR) is 96.1 cm³/mol. The molecule has 0 N–H and O–H groups in total. The number of hydrogen-bond acceptors (Lipinski definition) is 2. The van der Waals surface area contributed by atoms with Gasteiger partial charge in [0.1, 0.15) is 0 Å². The maximum Gasteiger partial charge on any atom is 0.159 e. The Labute approximate surface area is 148 Å². The normalized spacial score (nSPS) is 20.6. The Kier molecular flexibility index (Phi) is 6.11. The van der Waals surface area contributed by atoms with Gasteiger partial charge in [0.15, 0.2) is 17.5 Å². The lowest BCUT2D eigenvalue weighted by molar-refractivity contribution is 0.252. The fourth-order valence-electron chi connectivity index (χ4n) is 3.86. The molecular formula is C21H26F2N2. The average Bonchev–Trinajstić information content (AvgIpc) is 2.64. The summed E-state index contributed by atoms with van der Waals surface area (Å²) in [6.45, 7) is 2.27. The van der Waals surface area contributed by atoms with E-state index in [0.717, 1.165) is 36.0 Å². The molecule has 1 aromatic heterocycles. The van der Waals surface area contributed by atoms with Crippen molar-refractivity contribution in [3.63, 3.8) is 0 Å². The van der Waals surface area contributed by atoms with Gasteiger partial charge in [-0.15, -0.1) is 0 Å². The molecule has 0 spiro atoms. The second-order valence-corrected chi connectivity index (χ2v) is 7.26. The van der Waals surface area contributed by atoms with Crippen LogP contribution in [-0.4, -0.2) is 9.97 Å². The number of aromatic nitrogens is 2. The average molecular weight is 344 g/mol. The number of hydrogen-bond donors (Lipinski definition) is 0. The molecule has 0 unspecified atom stereocenters. The smallest absolute Gasteiger partial charge is 0.159 e. The highest BCUT2D eigenvalue weighted by atomic mass is 19.2. The van der Waals surface area contributed by atoms with E-state index in [1.165, 1.54) is 51.0 Å². The monoisotopic (exact) mass is 344 g/mol. The number of halogens is 2. The molecule has 1 fully saturated rings. The van der Waals surface area contributed by atoms with E-state index in [2.05, 4.69) is 16.9 Å². The topological polar surface area (TPSA) is 25.8 Å². The van der Waals surface area contributed by atoms with Gasteiger partial charge < -0.3 is 0 Å². The largest absolute Gasteiger partial charge is 0.236 e. The Bertz CT molecular complexity index is 677. The minimum atomic E-state index is -0.871. The van der Waals surface area contributed by atoms with Crippen LogP contribution >= 0.6 is 0 Å². The fourth-order valence-corrected chi connectivity index (χ4v) is 3.86. The molecular weight excluding hydrogens is 318 g/mol. The van der Waals surface area contributed by atoms with E-state index in [0.29, 0.717) is 11.4 Å². The van der Waals surface area contributed by atoms with Gasteiger partial charge in [-0.3, -0.25) is 0 Å². The van der Waals surface area contributed by atoms with E-state index in [9.17, 15) is 8.78 Å². The summed E-state index contributed by atoms with van der Waals surface area (Å²) in [7, 11) is 0. The van der Waals surface area contributed by atoms with E-state index < -0.39 is 11.6 Å². The third kappa shape index (κ3) is 4.83. The zero-order valence-corrected chi connectivity index (χ0v) is 14.8. The molecule has 2 nitrogen and oxygen atoms in total. The van der Waals surface area contributed by atoms with Crippen molar-refractivity contribution in [2.24, 2.45) is 11.8 Å². The summed E-state index contributed by atoms with van der Waals surface area (Å²) in [4.78, 5) is 8.64. The molecule has 4 heteroatoms. The summed E-state index contributed by atoms with van der Waals surface area (Å²) in [5.74, 6) is 0.472. The van der Waals surface area contributed by atoms with Crippen molar-refractivity contribution in [1.82, 2.24) is 9.97 Å². The van der Waals surface area contributed by atoms with Crippen LogP contribution in [0.4, 0.5) is 8.78 Å². The quantitative estimate of drug-likeness (QED) is 0.646. The van der Waals surface area contributed by atoms with Crippen molar-refractivity contribution in [2.75, 3.05) is 0 Å². The highest BCUT2D eigenvalue weighted by Crippen LogP contribution is 2.33. The molecule has 0 radical (unpaired) electrons. The molecule has 0 atom stereocenters. The van der Waals surface area contributed by atoms with Gasteiger partial charge in [-0.25, -0.2) is 18.7 Å². The molecule has 134 valence electrons. The SMILES string of the molecule is CCC[C@H]1CC[C@H](CCc2cnc(-c3ccc(F)c(F)c3)nc2)CC1. The van der Waals surface area contributed by atoms with Gasteiger partial charge in [0.2, 0.25) is 0 Å². The molecule has 0 amide bonds. The summed E-state index contributed by atoms with van der Waals surface area (Å²) in [6, 6.07) is 3.75. The highest BCUT2D eigenvalue weighted by Gasteiger charge is 2.20. The second-order valence-electron chi connectivity index (χ2n) is 7.26. The Hall–Kier alpha value is -1.84. The van der Waals surface area contributed by atoms with Crippen LogP contribution in [-0.2, 0) is 6.42 Å². The minimum absolute atomic E-state index is 0.433. The first-order chi connectivity index (χ1) is 12.2. The van der Waals surface area contributed by atoms with Crippen molar-refractivity contribution < 1.29 is 8.78 Å². The standard InChI is InChI=1S/C21H26F2N2/c1-2-3-15-4-6-16(7-5-15)8-9-17-13-24-21(25-14-17)18-10-11-19(22)20(23)12-18/h10-16H,2-9H2,1H3/t15-,16-. The maximum atomic E-state index is 13.3. The molecule has 1 heterocycles. The lowest BCUT2D eigenvalue weighted by atomic mass is 9.78. The van der Waals surface area contributed by atoms with Crippen LogP contribution in [0.1, 0.15) is 57.4 Å². The summed E-state index contributed by atoms with van der Waals surface area (Å²) in [5, 5.41) is 0. The van der Waals surface area contributed by atoms with Gasteiger partial charge in [0.25, 0.3) is 0 Å². The Morgan fingerprint density at radius 3 is 2.16 bits per heavy atom. The van der Waals surface area contributed by atoms with Crippen LogP contribution in [0.3, 0.4) is 0 Å². The summed E-state index contributed by atoms with van der Waals surface area (Å²) in [6.07, 6.45) is 13.9. The molecule has 0 saturated heterocycles. The van der Waals surface area contributed by atoms with Crippen LogP contribution in [0.2, 0.25) is 0 Å². The zero-order valence-electron chi connectivity index (χ0n) is 14.8. The number of benzene rings is 1. The van der Waals surface area contributed by atoms with Crippen LogP contribution < -0.4 is 0 Å². The van der Waals surface area contributed by atoms with Gasteiger partial charge in [0.05, 0.1) is 0 Å². The van der Waals surface area contributed by atoms with Gasteiger partial charge in [-0.1, -0.05) is 45.4 Å². The lowest BCUT2D eigenvalue weighted by Crippen LogP contribution is -2.15. The highest BCUT2D eigenvalue weighted by molar-refractivity contribution is 5.54. The second kappa shape index (κ2) is 8.50. The summed E-state index contributed by atoms with van der Waals surface area (Å²) < 4.78 is 26.3. The molecule has 1 aliphatic carbocycles. The van der Waals surface area contributed by atoms with Crippen molar-refractivity contribution in [3.05, 3.63) is 47.8 Å². The van der Waals surface area contributed by atoms with Gasteiger partial charge in [0, 0.05) is 18.0 Å². The molecule has 25 heavy (non-hydrogen) atoms. The number of nitrogens with zero attached hydrogens (tertiary/aromatic N) is 2. The van der Waals surface area contributed by atoms with Crippen LogP contribution in [0, 0.1) is 23.5 Å². The van der Waals surface area contributed by atoms with Gasteiger partial charge >= 0.3 is 0 Å². The molecule has 1 saturated carbocycles. The Morgan fingerprint density at radius 2 is 1.56 bits per heavy atom. The molecule has 1 aliphatic rings. The first-order valence-electron chi connectivity index (χ1n) is 9.42. The molecule has 3 rings (SSSR count). The van der Waals surface area contributed by atoms with Crippen LogP contribution in [0.15, 0.2) is 30.6 Å². The molecule has 0 bridgehead atoms. The van der Waals surface area contributed by atoms with E-state index in [1.54, 1.807) is 0 Å². The van der Waals surface area contributed by atoms with Crippen molar-refractivity contribution >= 4 is 0 Å². The molecule has 0 aliphatic heterocycles. The van der Waals surface area contributed by atoms with Crippen molar-refractivity contribution in [1.29, 1.82) is 0 Å². The molecule has 1 aromatic carbocycles. The number of rotatable bonds is 6. The maximum absolute atomic E-state index is 13.3. The van der Waals surface area contributed by atoms with Crippen LogP contribution in [0.25, 0.3) is 11.4 Å². The first-order valence-corrected chi connectivity index (χ1v) is 9.42. The van der Waals surface area contributed by atoms with E-state index in [4.69, 9.17) is 0 Å². The fraction of sp³-hybridized carbons (Fsp3) is 0.524. The van der Waals surface area contributed by atoms with E-state index in [1.807, 2.05) is 12.4 Å². The number of aryl methyl sites for hydroxylation is 1. The third-order valence-corrected chi connectivity index (χ3v) is 5.39. The Balaban J connectivity index is 1.52. The van der Waals surface area contributed by atoms with Gasteiger partial charge in [-0.05, 0) is 48.4 Å². The third-order valence-electron chi connectivity index (χ3n) is 5.39. The minimum Gasteiger partial charge on any atom is -0.236 e. The first kappa shape index (κ1) is 18.0. The van der Waals surface area contributed by atoms with E-state index in [-0.39, 0.29) is 0 Å². The van der Waals surface area contributed by atoms with Crippen molar-refractivity contribution in [3.8, 4) is 11.4 Å². The van der Waals surface area contributed by atoms with Crippen LogP contribution in [0.5, 0.6) is 0 Å². The zero-order chi connectivity index (χ0) is 17.6.